The molecule has 146 valence electrons. The number of carbonyl (C=O) groups is 2. The fraction of sp³-hybridized carbons (Fsp3) is 0.429. The Hall–Kier alpha value is -2.76. The van der Waals surface area contributed by atoms with Crippen molar-refractivity contribution in [1.29, 1.82) is 0 Å². The van der Waals surface area contributed by atoms with Crippen LogP contribution in [0.3, 0.4) is 0 Å². The highest BCUT2D eigenvalue weighted by atomic mass is 16.5. The number of phenolic OH excluding ortho intramolecular Hbond substituents is 1. The van der Waals surface area contributed by atoms with Crippen molar-refractivity contribution in [2.75, 3.05) is 13.7 Å². The topological polar surface area (TPSA) is 84.9 Å². The quantitative estimate of drug-likeness (QED) is 0.415. The zero-order valence-corrected chi connectivity index (χ0v) is 15.9. The molecular weight excluding hydrogens is 346 g/mol. The fourth-order valence-corrected chi connectivity index (χ4v) is 2.85. The van der Waals surface area contributed by atoms with E-state index in [0.29, 0.717) is 17.9 Å². The first-order chi connectivity index (χ1) is 13.0. The van der Waals surface area contributed by atoms with E-state index in [1.807, 2.05) is 0 Å². The summed E-state index contributed by atoms with van der Waals surface area (Å²) in [4.78, 5) is 23.9. The minimum atomic E-state index is -0.864. The first kappa shape index (κ1) is 20.6. The summed E-state index contributed by atoms with van der Waals surface area (Å²) in [6.45, 7) is 2.10. The lowest BCUT2D eigenvalue weighted by atomic mass is 9.97. The van der Waals surface area contributed by atoms with Crippen LogP contribution in [0, 0.1) is 0 Å². The van der Waals surface area contributed by atoms with Crippen molar-refractivity contribution < 1.29 is 24.2 Å². The van der Waals surface area contributed by atoms with Crippen LogP contribution in [-0.2, 0) is 14.3 Å². The molecule has 6 heteroatoms. The van der Waals surface area contributed by atoms with E-state index in [2.05, 4.69) is 11.4 Å². The van der Waals surface area contributed by atoms with Gasteiger partial charge < -0.3 is 19.9 Å². The second-order valence-corrected chi connectivity index (χ2v) is 6.49. The van der Waals surface area contributed by atoms with E-state index in [0.717, 1.165) is 19.3 Å². The third-order valence-electron chi connectivity index (χ3n) is 4.41. The third-order valence-corrected chi connectivity index (χ3v) is 4.41. The SMILES string of the molecule is COc1cc(/C=C/C(=O)O[C@@H](C)C(=O)NCCC2=CCCCC2)ccc1O. The van der Waals surface area contributed by atoms with Crippen molar-refractivity contribution in [2.24, 2.45) is 0 Å². The molecule has 2 N–H and O–H groups in total. The van der Waals surface area contributed by atoms with E-state index < -0.39 is 12.1 Å². The van der Waals surface area contributed by atoms with Gasteiger partial charge in [-0.3, -0.25) is 4.79 Å². The Morgan fingerprint density at radius 3 is 2.85 bits per heavy atom. The van der Waals surface area contributed by atoms with Crippen molar-refractivity contribution >= 4 is 18.0 Å². The summed E-state index contributed by atoms with van der Waals surface area (Å²) in [6, 6.07) is 4.70. The van der Waals surface area contributed by atoms with Gasteiger partial charge in [0.15, 0.2) is 17.6 Å². The van der Waals surface area contributed by atoms with E-state index in [1.165, 1.54) is 43.7 Å². The molecule has 0 radical (unpaired) electrons. The number of allylic oxidation sites excluding steroid dienone is 1. The van der Waals surface area contributed by atoms with Crippen LogP contribution in [0.25, 0.3) is 6.08 Å². The van der Waals surface area contributed by atoms with Gasteiger partial charge in [-0.25, -0.2) is 4.79 Å². The Bertz CT molecular complexity index is 723. The van der Waals surface area contributed by atoms with Gasteiger partial charge in [0.05, 0.1) is 7.11 Å². The second-order valence-electron chi connectivity index (χ2n) is 6.49. The number of hydrogen-bond acceptors (Lipinski definition) is 5. The van der Waals surface area contributed by atoms with Gasteiger partial charge in [-0.1, -0.05) is 17.7 Å². The van der Waals surface area contributed by atoms with Crippen LogP contribution < -0.4 is 10.1 Å². The van der Waals surface area contributed by atoms with Crippen LogP contribution in [0.5, 0.6) is 11.5 Å². The number of benzene rings is 1. The summed E-state index contributed by atoms with van der Waals surface area (Å²) < 4.78 is 10.1. The molecule has 0 fully saturated rings. The summed E-state index contributed by atoms with van der Waals surface area (Å²) in [5.74, 6) is -0.586. The minimum absolute atomic E-state index is 0.0199. The normalized spacial score (nSPS) is 15.1. The Morgan fingerprint density at radius 1 is 1.33 bits per heavy atom. The monoisotopic (exact) mass is 373 g/mol. The number of carbonyl (C=O) groups excluding carboxylic acids is 2. The molecule has 6 nitrogen and oxygen atoms in total. The van der Waals surface area contributed by atoms with E-state index in [9.17, 15) is 14.7 Å². The number of hydrogen-bond donors (Lipinski definition) is 2. The van der Waals surface area contributed by atoms with Crippen molar-refractivity contribution in [2.45, 2.75) is 45.1 Å². The molecule has 1 aromatic rings. The maximum Gasteiger partial charge on any atom is 0.331 e. The molecule has 0 saturated carbocycles. The predicted octanol–water partition coefficient (Wildman–Crippen LogP) is 3.35. The molecule has 1 amide bonds. The average Bonchev–Trinajstić information content (AvgIpc) is 2.68. The van der Waals surface area contributed by atoms with Gasteiger partial charge >= 0.3 is 5.97 Å². The fourth-order valence-electron chi connectivity index (χ4n) is 2.85. The van der Waals surface area contributed by atoms with Crippen molar-refractivity contribution in [3.05, 3.63) is 41.5 Å². The van der Waals surface area contributed by atoms with E-state index >= 15 is 0 Å². The van der Waals surface area contributed by atoms with Gasteiger partial charge in [0.25, 0.3) is 5.91 Å². The van der Waals surface area contributed by atoms with Crippen LogP contribution in [0.15, 0.2) is 35.9 Å². The van der Waals surface area contributed by atoms with E-state index in [-0.39, 0.29) is 11.7 Å². The van der Waals surface area contributed by atoms with Crippen molar-refractivity contribution in [3.63, 3.8) is 0 Å². The maximum atomic E-state index is 12.0. The molecule has 0 unspecified atom stereocenters. The maximum absolute atomic E-state index is 12.0. The highest BCUT2D eigenvalue weighted by Gasteiger charge is 2.16. The molecule has 2 rings (SSSR count). The zero-order valence-electron chi connectivity index (χ0n) is 15.9. The zero-order chi connectivity index (χ0) is 19.6. The van der Waals surface area contributed by atoms with E-state index in [4.69, 9.17) is 9.47 Å². The third kappa shape index (κ3) is 6.81. The lowest BCUT2D eigenvalue weighted by molar-refractivity contribution is -0.150. The average molecular weight is 373 g/mol. The summed E-state index contributed by atoms with van der Waals surface area (Å²) >= 11 is 0. The summed E-state index contributed by atoms with van der Waals surface area (Å²) in [5, 5.41) is 12.4. The largest absolute Gasteiger partial charge is 0.504 e. The minimum Gasteiger partial charge on any atom is -0.504 e. The van der Waals surface area contributed by atoms with Crippen molar-refractivity contribution in [1.82, 2.24) is 5.32 Å². The van der Waals surface area contributed by atoms with Gasteiger partial charge in [-0.2, -0.15) is 0 Å². The summed E-state index contributed by atoms with van der Waals surface area (Å²) in [7, 11) is 1.45. The molecule has 0 aromatic heterocycles. The van der Waals surface area contributed by atoms with Gasteiger partial charge in [0.2, 0.25) is 0 Å². The Labute approximate surface area is 159 Å². The lowest BCUT2D eigenvalue weighted by Gasteiger charge is -2.15. The molecule has 0 heterocycles. The molecule has 27 heavy (non-hydrogen) atoms. The Morgan fingerprint density at radius 2 is 2.15 bits per heavy atom. The number of ether oxygens (including phenoxy) is 2. The standard InChI is InChI=1S/C21H27NO5/c1-15(21(25)22-13-12-16-6-4-3-5-7-16)27-20(24)11-9-17-8-10-18(23)19(14-17)26-2/h6,8-11,14-15,23H,3-5,7,12-13H2,1-2H3,(H,22,25)/b11-9+/t15-/m0/s1. The van der Waals surface area contributed by atoms with Gasteiger partial charge in [-0.15, -0.1) is 0 Å². The second kappa shape index (κ2) is 10.4. The smallest absolute Gasteiger partial charge is 0.331 e. The van der Waals surface area contributed by atoms with Crippen LogP contribution in [0.2, 0.25) is 0 Å². The number of methoxy groups -OCH3 is 1. The number of aromatic hydroxyl groups is 1. The number of phenols is 1. The Balaban J connectivity index is 1.76. The van der Waals surface area contributed by atoms with Crippen LogP contribution >= 0.6 is 0 Å². The predicted molar refractivity (Wildman–Crippen MR) is 103 cm³/mol. The molecule has 0 aliphatic heterocycles. The first-order valence-electron chi connectivity index (χ1n) is 9.21. The Kier molecular flexibility index (Phi) is 7.92. The number of nitrogens with one attached hydrogen (secondary N) is 1. The molecule has 1 aliphatic rings. The first-order valence-corrected chi connectivity index (χ1v) is 9.21. The highest BCUT2D eigenvalue weighted by molar-refractivity contribution is 5.90. The summed E-state index contributed by atoms with van der Waals surface area (Å²) in [5.41, 5.74) is 2.05. The van der Waals surface area contributed by atoms with E-state index in [1.54, 1.807) is 19.1 Å². The number of amides is 1. The molecule has 1 atom stereocenters. The highest BCUT2D eigenvalue weighted by Crippen LogP contribution is 2.26. The molecular formula is C21H27NO5. The number of esters is 1. The van der Waals surface area contributed by atoms with Crippen LogP contribution in [0.4, 0.5) is 0 Å². The molecule has 1 aromatic carbocycles. The lowest BCUT2D eigenvalue weighted by Crippen LogP contribution is -2.36. The summed E-state index contributed by atoms with van der Waals surface area (Å²) in [6.07, 6.45) is 9.69. The molecule has 0 bridgehead atoms. The molecule has 0 spiro atoms. The van der Waals surface area contributed by atoms with Gasteiger partial charge in [0, 0.05) is 12.6 Å². The van der Waals surface area contributed by atoms with Gasteiger partial charge in [0.1, 0.15) is 0 Å². The van der Waals surface area contributed by atoms with Crippen molar-refractivity contribution in [3.8, 4) is 11.5 Å². The molecule has 0 saturated heterocycles. The van der Waals surface area contributed by atoms with Crippen LogP contribution in [-0.4, -0.2) is 36.7 Å². The van der Waals surface area contributed by atoms with Gasteiger partial charge in [-0.05, 0) is 62.8 Å². The molecule has 1 aliphatic carbocycles. The van der Waals surface area contributed by atoms with Crippen LogP contribution in [0.1, 0.15) is 44.6 Å². The number of rotatable bonds is 8.